The second kappa shape index (κ2) is 8.33. The fourth-order valence-electron chi connectivity index (χ4n) is 5.61. The van der Waals surface area contributed by atoms with Crippen LogP contribution >= 0.6 is 0 Å². The Morgan fingerprint density at radius 1 is 1.00 bits per heavy atom. The van der Waals surface area contributed by atoms with Crippen molar-refractivity contribution in [3.05, 3.63) is 78.6 Å². The number of aromatic nitrogens is 4. The van der Waals surface area contributed by atoms with Crippen molar-refractivity contribution in [2.75, 3.05) is 13.1 Å². The molecule has 2 aliphatic rings. The third-order valence-corrected chi connectivity index (χ3v) is 7.72. The number of amides is 1. The maximum Gasteiger partial charge on any atom is 0.225 e. The molecular formula is C30H29N5O. The number of fused-ring (bicyclic) bond motifs is 2. The molecule has 0 N–H and O–H groups in total. The molecule has 1 atom stereocenters. The quantitative estimate of drug-likeness (QED) is 0.333. The summed E-state index contributed by atoms with van der Waals surface area (Å²) >= 11 is 0. The Hall–Kier alpha value is -3.93. The second-order valence-electron chi connectivity index (χ2n) is 10.4. The monoisotopic (exact) mass is 475 g/mol. The summed E-state index contributed by atoms with van der Waals surface area (Å²) in [6, 6.07) is 21.2. The minimum absolute atomic E-state index is 0.294. The lowest BCUT2D eigenvalue weighted by Gasteiger charge is -2.18. The molecule has 5 aromatic rings. The first-order valence-electron chi connectivity index (χ1n) is 12.9. The average Bonchev–Trinajstić information content (AvgIpc) is 3.34. The fourth-order valence-corrected chi connectivity index (χ4v) is 5.61. The normalized spacial score (nSPS) is 17.9. The number of hydrogen-bond donors (Lipinski definition) is 0. The Kier molecular flexibility index (Phi) is 4.94. The molecule has 0 bridgehead atoms. The molecule has 36 heavy (non-hydrogen) atoms. The first kappa shape index (κ1) is 21.4. The molecule has 1 saturated carbocycles. The molecule has 1 aliphatic carbocycles. The van der Waals surface area contributed by atoms with Gasteiger partial charge >= 0.3 is 0 Å². The number of pyridine rings is 1. The number of rotatable bonds is 5. The molecule has 6 heteroatoms. The van der Waals surface area contributed by atoms with Gasteiger partial charge in [-0.05, 0) is 61.9 Å². The maximum atomic E-state index is 12.6. The molecule has 1 amide bonds. The fraction of sp³-hybridized carbons (Fsp3) is 0.300. The average molecular weight is 476 g/mol. The number of hydrogen-bond acceptors (Lipinski definition) is 3. The summed E-state index contributed by atoms with van der Waals surface area (Å²) in [6.07, 6.45) is 7.17. The van der Waals surface area contributed by atoms with E-state index in [1.807, 2.05) is 30.6 Å². The molecule has 1 saturated heterocycles. The van der Waals surface area contributed by atoms with Gasteiger partial charge in [-0.1, -0.05) is 36.4 Å². The van der Waals surface area contributed by atoms with Crippen LogP contribution in [0.25, 0.3) is 39.3 Å². The molecule has 180 valence electrons. The van der Waals surface area contributed by atoms with Gasteiger partial charge in [0.05, 0.1) is 22.9 Å². The van der Waals surface area contributed by atoms with E-state index in [2.05, 4.69) is 68.2 Å². The van der Waals surface area contributed by atoms with Crippen molar-refractivity contribution < 1.29 is 4.79 Å². The van der Waals surface area contributed by atoms with E-state index in [1.54, 1.807) is 0 Å². The van der Waals surface area contributed by atoms with E-state index in [1.165, 1.54) is 5.56 Å². The lowest BCUT2D eigenvalue weighted by Crippen LogP contribution is -2.30. The van der Waals surface area contributed by atoms with Crippen LogP contribution in [0.15, 0.2) is 73.1 Å². The number of aryl methyl sites for hydroxylation is 1. The number of carbonyl (C=O) groups excluding carboxylic acids is 1. The Morgan fingerprint density at radius 3 is 2.67 bits per heavy atom. The molecule has 0 spiro atoms. The van der Waals surface area contributed by atoms with E-state index in [4.69, 9.17) is 4.98 Å². The van der Waals surface area contributed by atoms with Crippen LogP contribution in [0, 0.1) is 18.8 Å². The Balaban J connectivity index is 1.22. The van der Waals surface area contributed by atoms with Crippen molar-refractivity contribution in [3.63, 3.8) is 0 Å². The van der Waals surface area contributed by atoms with Crippen molar-refractivity contribution in [1.82, 2.24) is 23.8 Å². The third kappa shape index (κ3) is 3.68. The molecule has 4 heterocycles. The van der Waals surface area contributed by atoms with Gasteiger partial charge in [0.1, 0.15) is 11.5 Å². The first-order valence-corrected chi connectivity index (χ1v) is 12.9. The SMILES string of the molecule is Cc1ccc2c(c1)nc(-c1ccc(-c3cnc4ccccn34)cc1)n2C[C@@H]1CCN(C(=O)C2CC2)C1. The number of benzene rings is 2. The van der Waals surface area contributed by atoms with Crippen LogP contribution in [-0.2, 0) is 11.3 Å². The Morgan fingerprint density at radius 2 is 1.83 bits per heavy atom. The predicted octanol–water partition coefficient (Wildman–Crippen LogP) is 5.58. The Labute approximate surface area is 210 Å². The van der Waals surface area contributed by atoms with Gasteiger partial charge in [0.15, 0.2) is 0 Å². The molecule has 2 fully saturated rings. The highest BCUT2D eigenvalue weighted by Gasteiger charge is 2.36. The largest absolute Gasteiger partial charge is 0.342 e. The van der Waals surface area contributed by atoms with Crippen molar-refractivity contribution in [3.8, 4) is 22.6 Å². The van der Waals surface area contributed by atoms with Crippen LogP contribution in [0.4, 0.5) is 0 Å². The standard InChI is InChI=1S/C30H29N5O/c1-20-5-12-26-25(16-20)32-29(35(26)19-21-13-15-33(18-21)30(36)24-10-11-24)23-8-6-22(7-9-23)27-17-31-28-4-2-3-14-34(27)28/h2-9,12,14,16-17,21,24H,10-11,13,15,18-19H2,1H3/t21-/m1/s1. The lowest BCUT2D eigenvalue weighted by atomic mass is 10.1. The maximum absolute atomic E-state index is 12.6. The third-order valence-electron chi connectivity index (χ3n) is 7.72. The highest BCUT2D eigenvalue weighted by atomic mass is 16.2. The minimum atomic E-state index is 0.294. The predicted molar refractivity (Wildman–Crippen MR) is 142 cm³/mol. The molecule has 1 aliphatic heterocycles. The zero-order valence-corrected chi connectivity index (χ0v) is 20.5. The lowest BCUT2D eigenvalue weighted by molar-refractivity contribution is -0.131. The van der Waals surface area contributed by atoms with Crippen LogP contribution in [-0.4, -0.2) is 42.8 Å². The van der Waals surface area contributed by atoms with Crippen LogP contribution in [0.3, 0.4) is 0 Å². The molecule has 0 radical (unpaired) electrons. The van der Waals surface area contributed by atoms with Gasteiger partial charge in [0.2, 0.25) is 5.91 Å². The van der Waals surface area contributed by atoms with Crippen molar-refractivity contribution in [2.45, 2.75) is 32.7 Å². The van der Waals surface area contributed by atoms with Gasteiger partial charge in [0, 0.05) is 42.9 Å². The molecule has 2 aromatic carbocycles. The van der Waals surface area contributed by atoms with Crippen molar-refractivity contribution in [1.29, 1.82) is 0 Å². The zero-order chi connectivity index (χ0) is 24.2. The number of likely N-dealkylation sites (tertiary alicyclic amines) is 1. The smallest absolute Gasteiger partial charge is 0.225 e. The van der Waals surface area contributed by atoms with Gasteiger partial charge in [-0.2, -0.15) is 0 Å². The van der Waals surface area contributed by atoms with Crippen LogP contribution in [0.5, 0.6) is 0 Å². The van der Waals surface area contributed by atoms with Gasteiger partial charge in [-0.15, -0.1) is 0 Å². The summed E-state index contributed by atoms with van der Waals surface area (Å²) in [5.74, 6) is 2.10. The number of carbonyl (C=O) groups is 1. The molecule has 3 aromatic heterocycles. The summed E-state index contributed by atoms with van der Waals surface area (Å²) in [6.45, 7) is 4.72. The summed E-state index contributed by atoms with van der Waals surface area (Å²) in [5, 5.41) is 0. The first-order chi connectivity index (χ1) is 17.6. The zero-order valence-electron chi connectivity index (χ0n) is 20.5. The summed E-state index contributed by atoms with van der Waals surface area (Å²) in [4.78, 5) is 24.3. The van der Waals surface area contributed by atoms with E-state index in [9.17, 15) is 4.79 Å². The summed E-state index contributed by atoms with van der Waals surface area (Å²) < 4.78 is 4.48. The van der Waals surface area contributed by atoms with E-state index in [-0.39, 0.29) is 0 Å². The van der Waals surface area contributed by atoms with Gasteiger partial charge in [-0.25, -0.2) is 9.97 Å². The van der Waals surface area contributed by atoms with Crippen molar-refractivity contribution in [2.24, 2.45) is 11.8 Å². The molecule has 7 rings (SSSR count). The molecular weight excluding hydrogens is 446 g/mol. The Bertz CT molecular complexity index is 1590. The van der Waals surface area contributed by atoms with Gasteiger partial charge in [-0.3, -0.25) is 9.20 Å². The van der Waals surface area contributed by atoms with Gasteiger partial charge in [0.25, 0.3) is 0 Å². The van der Waals surface area contributed by atoms with Crippen LogP contribution in [0.1, 0.15) is 24.8 Å². The van der Waals surface area contributed by atoms with Crippen LogP contribution < -0.4 is 0 Å². The summed E-state index contributed by atoms with van der Waals surface area (Å²) in [7, 11) is 0. The molecule has 0 unspecified atom stereocenters. The highest BCUT2D eigenvalue weighted by molar-refractivity contribution is 5.82. The van der Waals surface area contributed by atoms with E-state index >= 15 is 0 Å². The summed E-state index contributed by atoms with van der Waals surface area (Å²) in [5.41, 5.74) is 7.65. The van der Waals surface area contributed by atoms with Crippen LogP contribution in [0.2, 0.25) is 0 Å². The highest BCUT2D eigenvalue weighted by Crippen LogP contribution is 2.34. The molecule has 6 nitrogen and oxygen atoms in total. The van der Waals surface area contributed by atoms with E-state index < -0.39 is 0 Å². The minimum Gasteiger partial charge on any atom is -0.342 e. The number of nitrogens with zero attached hydrogens (tertiary/aromatic N) is 5. The topological polar surface area (TPSA) is 55.4 Å². The number of imidazole rings is 2. The van der Waals surface area contributed by atoms with Gasteiger partial charge < -0.3 is 9.47 Å². The second-order valence-corrected chi connectivity index (χ2v) is 10.4. The van der Waals surface area contributed by atoms with E-state index in [0.717, 1.165) is 78.2 Å². The van der Waals surface area contributed by atoms with Crippen molar-refractivity contribution >= 4 is 22.6 Å². The van der Waals surface area contributed by atoms with E-state index in [0.29, 0.717) is 17.7 Å².